The van der Waals surface area contributed by atoms with Crippen molar-refractivity contribution in [2.24, 2.45) is 0 Å². The molecule has 3 heteroatoms. The normalized spacial score (nSPS) is 19.4. The van der Waals surface area contributed by atoms with Gasteiger partial charge in [0.25, 0.3) is 0 Å². The van der Waals surface area contributed by atoms with E-state index in [4.69, 9.17) is 5.41 Å². The highest BCUT2D eigenvalue weighted by atomic mass is 15.0. The van der Waals surface area contributed by atoms with Crippen LogP contribution in [0.15, 0.2) is 23.4 Å². The molecule has 1 saturated carbocycles. The number of rotatable bonds is 7. The van der Waals surface area contributed by atoms with Crippen molar-refractivity contribution in [2.45, 2.75) is 45.2 Å². The quantitative estimate of drug-likeness (QED) is 0.456. The Labute approximate surface area is 98.5 Å². The molecule has 3 nitrogen and oxygen atoms in total. The van der Waals surface area contributed by atoms with Gasteiger partial charge in [-0.2, -0.15) is 0 Å². The summed E-state index contributed by atoms with van der Waals surface area (Å²) in [5, 5.41) is 14.1. The first-order valence-corrected chi connectivity index (χ1v) is 6.07. The van der Waals surface area contributed by atoms with Crippen molar-refractivity contribution in [3.8, 4) is 0 Å². The number of hydrogen-bond acceptors (Lipinski definition) is 3. The van der Waals surface area contributed by atoms with E-state index in [1.54, 1.807) is 0 Å². The molecule has 0 radical (unpaired) electrons. The molecule has 0 aromatic carbocycles. The van der Waals surface area contributed by atoms with Crippen LogP contribution < -0.4 is 10.6 Å². The van der Waals surface area contributed by atoms with Crippen LogP contribution in [0.1, 0.15) is 33.1 Å². The van der Waals surface area contributed by atoms with Crippen LogP contribution >= 0.6 is 0 Å². The molecule has 3 N–H and O–H groups in total. The second-order valence-corrected chi connectivity index (χ2v) is 4.26. The van der Waals surface area contributed by atoms with Crippen molar-refractivity contribution >= 4 is 6.21 Å². The van der Waals surface area contributed by atoms with Crippen LogP contribution in [0.25, 0.3) is 0 Å². The predicted octanol–water partition coefficient (Wildman–Crippen LogP) is 2.22. The summed E-state index contributed by atoms with van der Waals surface area (Å²) in [5.41, 5.74) is 2.18. The molecule has 1 aliphatic carbocycles. The molecule has 0 bridgehead atoms. The largest absolute Gasteiger partial charge is 0.394 e. The maximum absolute atomic E-state index is 7.47. The van der Waals surface area contributed by atoms with E-state index in [2.05, 4.69) is 30.6 Å². The van der Waals surface area contributed by atoms with Gasteiger partial charge in [0.1, 0.15) is 0 Å². The predicted molar refractivity (Wildman–Crippen MR) is 69.9 cm³/mol. The van der Waals surface area contributed by atoms with E-state index in [1.165, 1.54) is 24.6 Å². The first-order chi connectivity index (χ1) is 7.72. The third kappa shape index (κ3) is 3.81. The van der Waals surface area contributed by atoms with Gasteiger partial charge >= 0.3 is 0 Å². The fourth-order valence-corrected chi connectivity index (χ4v) is 1.79. The van der Waals surface area contributed by atoms with E-state index < -0.39 is 0 Å². The summed E-state index contributed by atoms with van der Waals surface area (Å²) in [7, 11) is 1.90. The topological polar surface area (TPSA) is 47.9 Å². The third-order valence-corrected chi connectivity index (χ3v) is 2.74. The molecule has 90 valence electrons. The Balaban J connectivity index is 2.74. The SMILES string of the molecule is CC/C=C(C=N)/C(=C\NC)C(C)NC1CC1. The number of nitrogens with one attached hydrogen (secondary N) is 3. The van der Waals surface area contributed by atoms with Crippen LogP contribution in [0, 0.1) is 5.41 Å². The molecule has 1 fully saturated rings. The van der Waals surface area contributed by atoms with Crippen LogP contribution in [0.3, 0.4) is 0 Å². The first-order valence-electron chi connectivity index (χ1n) is 6.07. The number of allylic oxidation sites excluding steroid dienone is 1. The monoisotopic (exact) mass is 221 g/mol. The van der Waals surface area contributed by atoms with E-state index in [0.29, 0.717) is 12.1 Å². The molecule has 0 spiro atoms. The van der Waals surface area contributed by atoms with Crippen LogP contribution in [0.4, 0.5) is 0 Å². The Morgan fingerprint density at radius 2 is 2.19 bits per heavy atom. The summed E-state index contributed by atoms with van der Waals surface area (Å²) in [5.74, 6) is 0. The molecule has 0 saturated heterocycles. The van der Waals surface area contributed by atoms with Crippen LogP contribution in [0.2, 0.25) is 0 Å². The summed E-state index contributed by atoms with van der Waals surface area (Å²) >= 11 is 0. The van der Waals surface area contributed by atoms with Crippen LogP contribution in [0.5, 0.6) is 0 Å². The molecule has 0 aromatic heterocycles. The van der Waals surface area contributed by atoms with Crippen LogP contribution in [-0.2, 0) is 0 Å². The molecule has 0 heterocycles. The lowest BCUT2D eigenvalue weighted by Crippen LogP contribution is -2.31. The molecule has 1 rings (SSSR count). The minimum absolute atomic E-state index is 0.305. The third-order valence-electron chi connectivity index (χ3n) is 2.74. The average molecular weight is 221 g/mol. The zero-order valence-electron chi connectivity index (χ0n) is 10.5. The Bertz CT molecular complexity index is 288. The highest BCUT2D eigenvalue weighted by Crippen LogP contribution is 2.22. The Kier molecular flexibility index (Phi) is 5.26. The standard InChI is InChI=1S/C13H23N3/c1-4-5-11(8-14)13(9-15-3)10(2)16-12-6-7-12/h5,8-10,12,14-16H,4,6-7H2,1-3H3/b11-5+,13-9-,14-8?. The van der Waals surface area contributed by atoms with E-state index in [1.807, 2.05) is 13.2 Å². The van der Waals surface area contributed by atoms with Gasteiger partial charge in [-0.15, -0.1) is 0 Å². The lowest BCUT2D eigenvalue weighted by Gasteiger charge is -2.18. The molecule has 1 atom stereocenters. The van der Waals surface area contributed by atoms with Gasteiger partial charge in [-0.1, -0.05) is 13.0 Å². The lowest BCUT2D eigenvalue weighted by molar-refractivity contribution is 0.608. The van der Waals surface area contributed by atoms with E-state index in [-0.39, 0.29) is 0 Å². The van der Waals surface area contributed by atoms with Crippen LogP contribution in [-0.4, -0.2) is 25.3 Å². The summed E-state index contributed by atoms with van der Waals surface area (Å²) in [4.78, 5) is 0. The van der Waals surface area contributed by atoms with Gasteiger partial charge in [-0.3, -0.25) is 0 Å². The average Bonchev–Trinajstić information content (AvgIpc) is 3.07. The van der Waals surface area contributed by atoms with Gasteiger partial charge in [0.15, 0.2) is 0 Å². The van der Waals surface area contributed by atoms with Crippen molar-refractivity contribution in [1.29, 1.82) is 5.41 Å². The van der Waals surface area contributed by atoms with Crippen molar-refractivity contribution < 1.29 is 0 Å². The fraction of sp³-hybridized carbons (Fsp3) is 0.615. The summed E-state index contributed by atoms with van der Waals surface area (Å²) in [6, 6.07) is 0.989. The molecule has 0 aromatic rings. The summed E-state index contributed by atoms with van der Waals surface area (Å²) in [6.07, 6.45) is 9.07. The van der Waals surface area contributed by atoms with Crippen molar-refractivity contribution in [2.75, 3.05) is 7.05 Å². The Morgan fingerprint density at radius 1 is 1.50 bits per heavy atom. The zero-order chi connectivity index (χ0) is 12.0. The van der Waals surface area contributed by atoms with Gasteiger partial charge in [-0.05, 0) is 37.3 Å². The summed E-state index contributed by atoms with van der Waals surface area (Å²) < 4.78 is 0. The Hall–Kier alpha value is -1.09. The lowest BCUT2D eigenvalue weighted by atomic mass is 10.00. The van der Waals surface area contributed by atoms with Gasteiger partial charge < -0.3 is 16.0 Å². The molecule has 0 aliphatic heterocycles. The molecule has 16 heavy (non-hydrogen) atoms. The maximum atomic E-state index is 7.47. The second kappa shape index (κ2) is 6.48. The minimum Gasteiger partial charge on any atom is -0.394 e. The second-order valence-electron chi connectivity index (χ2n) is 4.26. The molecule has 1 unspecified atom stereocenters. The van der Waals surface area contributed by atoms with Crippen molar-refractivity contribution in [3.05, 3.63) is 23.4 Å². The van der Waals surface area contributed by atoms with E-state index in [9.17, 15) is 0 Å². The van der Waals surface area contributed by atoms with E-state index in [0.717, 1.165) is 12.0 Å². The van der Waals surface area contributed by atoms with Gasteiger partial charge in [0.2, 0.25) is 0 Å². The highest BCUT2D eigenvalue weighted by molar-refractivity contribution is 5.82. The van der Waals surface area contributed by atoms with Crippen molar-refractivity contribution in [1.82, 2.24) is 10.6 Å². The van der Waals surface area contributed by atoms with Gasteiger partial charge in [0, 0.05) is 31.5 Å². The zero-order valence-corrected chi connectivity index (χ0v) is 10.5. The fourth-order valence-electron chi connectivity index (χ4n) is 1.79. The molecule has 1 aliphatic rings. The minimum atomic E-state index is 0.305. The smallest absolute Gasteiger partial charge is 0.0315 e. The Morgan fingerprint density at radius 3 is 2.62 bits per heavy atom. The molecular weight excluding hydrogens is 198 g/mol. The highest BCUT2D eigenvalue weighted by Gasteiger charge is 2.24. The maximum Gasteiger partial charge on any atom is 0.0315 e. The van der Waals surface area contributed by atoms with Gasteiger partial charge in [0.05, 0.1) is 0 Å². The van der Waals surface area contributed by atoms with Crippen molar-refractivity contribution in [3.63, 3.8) is 0 Å². The molecular formula is C13H23N3. The molecule has 0 amide bonds. The van der Waals surface area contributed by atoms with Gasteiger partial charge in [-0.25, -0.2) is 0 Å². The summed E-state index contributed by atoms with van der Waals surface area (Å²) in [6.45, 7) is 4.26. The first kappa shape index (κ1) is 13.0. The van der Waals surface area contributed by atoms with E-state index >= 15 is 0 Å². The number of hydrogen-bond donors (Lipinski definition) is 3.